The largest absolute Gasteiger partial charge is 0.484 e. The van der Waals surface area contributed by atoms with Crippen molar-refractivity contribution in [3.05, 3.63) is 64.2 Å². The number of rotatable bonds is 7. The number of hydrogen-bond donors (Lipinski definition) is 1. The van der Waals surface area contributed by atoms with Crippen molar-refractivity contribution in [2.24, 2.45) is 0 Å². The lowest BCUT2D eigenvalue weighted by molar-refractivity contribution is -0.384. The molecule has 0 atom stereocenters. The first kappa shape index (κ1) is 17.1. The standard InChI is InChI=1S/C17H16N2O5/c1-2-16(20)12-3-9-15(10-4-12)24-11-17(21)18-13-5-7-14(8-6-13)19(22)23/h3-10H,2,11H2,1H3,(H,18,21). The molecule has 1 amide bonds. The number of nitro benzene ring substituents is 1. The van der Waals surface area contributed by atoms with Gasteiger partial charge in [0.1, 0.15) is 5.75 Å². The van der Waals surface area contributed by atoms with E-state index in [1.54, 1.807) is 31.2 Å². The van der Waals surface area contributed by atoms with Crippen molar-refractivity contribution in [3.63, 3.8) is 0 Å². The lowest BCUT2D eigenvalue weighted by Gasteiger charge is -2.08. The van der Waals surface area contributed by atoms with E-state index in [1.165, 1.54) is 24.3 Å². The third-order valence-electron chi connectivity index (χ3n) is 3.23. The summed E-state index contributed by atoms with van der Waals surface area (Å²) in [6, 6.07) is 12.1. The molecule has 0 heterocycles. The number of hydrogen-bond acceptors (Lipinski definition) is 5. The first-order valence-corrected chi connectivity index (χ1v) is 7.30. The van der Waals surface area contributed by atoms with E-state index in [1.807, 2.05) is 0 Å². The van der Waals surface area contributed by atoms with Gasteiger partial charge in [-0.1, -0.05) is 6.92 Å². The number of amides is 1. The highest BCUT2D eigenvalue weighted by Gasteiger charge is 2.08. The fourth-order valence-corrected chi connectivity index (χ4v) is 1.95. The Labute approximate surface area is 138 Å². The molecule has 0 saturated heterocycles. The van der Waals surface area contributed by atoms with Gasteiger partial charge in [-0.15, -0.1) is 0 Å². The van der Waals surface area contributed by atoms with Crippen LogP contribution in [0, 0.1) is 10.1 Å². The highest BCUT2D eigenvalue weighted by molar-refractivity contribution is 5.96. The molecule has 2 aromatic rings. The van der Waals surface area contributed by atoms with Crippen molar-refractivity contribution in [1.29, 1.82) is 0 Å². The van der Waals surface area contributed by atoms with Crippen molar-refractivity contribution >= 4 is 23.1 Å². The summed E-state index contributed by atoms with van der Waals surface area (Å²) in [4.78, 5) is 33.4. The second kappa shape index (κ2) is 7.87. The number of carbonyl (C=O) groups is 2. The van der Waals surface area contributed by atoms with E-state index in [9.17, 15) is 19.7 Å². The summed E-state index contributed by atoms with van der Waals surface area (Å²) in [5.41, 5.74) is 0.990. The Kier molecular flexibility index (Phi) is 5.62. The van der Waals surface area contributed by atoms with Gasteiger partial charge in [0.05, 0.1) is 4.92 Å². The highest BCUT2D eigenvalue weighted by atomic mass is 16.6. The Balaban J connectivity index is 1.86. The number of nitrogens with zero attached hydrogens (tertiary/aromatic N) is 1. The molecule has 0 aromatic heterocycles. The van der Waals surface area contributed by atoms with Gasteiger partial charge in [0.15, 0.2) is 12.4 Å². The fraction of sp³-hybridized carbons (Fsp3) is 0.176. The summed E-state index contributed by atoms with van der Waals surface area (Å²) in [6.07, 6.45) is 0.428. The van der Waals surface area contributed by atoms with E-state index < -0.39 is 10.8 Å². The molecule has 0 radical (unpaired) electrons. The molecule has 1 N–H and O–H groups in total. The van der Waals surface area contributed by atoms with Gasteiger partial charge in [-0.25, -0.2) is 0 Å². The lowest BCUT2D eigenvalue weighted by Crippen LogP contribution is -2.20. The molecular weight excluding hydrogens is 312 g/mol. The van der Waals surface area contributed by atoms with Crippen LogP contribution in [0.2, 0.25) is 0 Å². The molecule has 0 aliphatic rings. The molecule has 7 heteroatoms. The summed E-state index contributed by atoms with van der Waals surface area (Å²) < 4.78 is 5.34. The zero-order valence-electron chi connectivity index (χ0n) is 13.0. The number of Topliss-reactive ketones (excluding diaryl/α,β-unsaturated/α-hetero) is 1. The number of ether oxygens (including phenoxy) is 1. The molecule has 0 saturated carbocycles. The van der Waals surface area contributed by atoms with Crippen molar-refractivity contribution in [2.75, 3.05) is 11.9 Å². The molecule has 2 aromatic carbocycles. The minimum Gasteiger partial charge on any atom is -0.484 e. The van der Waals surface area contributed by atoms with Crippen LogP contribution >= 0.6 is 0 Å². The zero-order valence-corrected chi connectivity index (χ0v) is 13.0. The second-order valence-electron chi connectivity index (χ2n) is 4.94. The third-order valence-corrected chi connectivity index (χ3v) is 3.23. The molecular formula is C17H16N2O5. The average Bonchev–Trinajstić information content (AvgIpc) is 2.60. The van der Waals surface area contributed by atoms with Gasteiger partial charge in [0, 0.05) is 29.8 Å². The molecule has 0 bridgehead atoms. The topological polar surface area (TPSA) is 98.5 Å². The maximum Gasteiger partial charge on any atom is 0.269 e. The van der Waals surface area contributed by atoms with Gasteiger partial charge in [0.2, 0.25) is 0 Å². The number of carbonyl (C=O) groups excluding carboxylic acids is 2. The quantitative estimate of drug-likeness (QED) is 0.478. The Morgan fingerprint density at radius 1 is 1.08 bits per heavy atom. The first-order chi connectivity index (χ1) is 11.5. The Morgan fingerprint density at radius 2 is 1.71 bits per heavy atom. The monoisotopic (exact) mass is 328 g/mol. The van der Waals surface area contributed by atoms with Crippen LogP contribution in [-0.2, 0) is 4.79 Å². The van der Waals surface area contributed by atoms with Crippen LogP contribution in [0.1, 0.15) is 23.7 Å². The molecule has 0 fully saturated rings. The van der Waals surface area contributed by atoms with Crippen LogP contribution in [0.25, 0.3) is 0 Å². The SMILES string of the molecule is CCC(=O)c1ccc(OCC(=O)Nc2ccc([N+](=O)[O-])cc2)cc1. The number of nitrogens with one attached hydrogen (secondary N) is 1. The average molecular weight is 328 g/mol. The van der Waals surface area contributed by atoms with Crippen LogP contribution in [0.3, 0.4) is 0 Å². The normalized spacial score (nSPS) is 10.0. The van der Waals surface area contributed by atoms with Crippen LogP contribution < -0.4 is 10.1 Å². The molecule has 2 rings (SSSR count). The van der Waals surface area contributed by atoms with Gasteiger partial charge >= 0.3 is 0 Å². The molecule has 0 spiro atoms. The van der Waals surface area contributed by atoms with Crippen molar-refractivity contribution in [3.8, 4) is 5.75 Å². The summed E-state index contributed by atoms with van der Waals surface area (Å²) in [6.45, 7) is 1.58. The molecule has 7 nitrogen and oxygen atoms in total. The number of nitro groups is 1. The Bertz CT molecular complexity index is 739. The predicted octanol–water partition coefficient (Wildman–Crippen LogP) is 3.21. The van der Waals surface area contributed by atoms with Crippen LogP contribution in [0.5, 0.6) is 5.75 Å². The minimum absolute atomic E-state index is 0.0393. The highest BCUT2D eigenvalue weighted by Crippen LogP contribution is 2.16. The molecule has 24 heavy (non-hydrogen) atoms. The minimum atomic E-state index is -0.512. The van der Waals surface area contributed by atoms with Gasteiger partial charge in [-0.2, -0.15) is 0 Å². The van der Waals surface area contributed by atoms with E-state index in [-0.39, 0.29) is 18.1 Å². The van der Waals surface area contributed by atoms with Crippen LogP contribution in [0.15, 0.2) is 48.5 Å². The van der Waals surface area contributed by atoms with Gasteiger partial charge < -0.3 is 10.1 Å². The summed E-state index contributed by atoms with van der Waals surface area (Å²) in [7, 11) is 0. The number of anilines is 1. The van der Waals surface area contributed by atoms with Crippen molar-refractivity contribution in [1.82, 2.24) is 0 Å². The van der Waals surface area contributed by atoms with E-state index >= 15 is 0 Å². The molecule has 0 aliphatic carbocycles. The van der Waals surface area contributed by atoms with Gasteiger partial charge in [-0.05, 0) is 36.4 Å². The second-order valence-corrected chi connectivity index (χ2v) is 4.94. The zero-order chi connectivity index (χ0) is 17.5. The predicted molar refractivity (Wildman–Crippen MR) is 88.3 cm³/mol. The van der Waals surface area contributed by atoms with Crippen molar-refractivity contribution in [2.45, 2.75) is 13.3 Å². The van der Waals surface area contributed by atoms with Crippen LogP contribution in [-0.4, -0.2) is 23.2 Å². The van der Waals surface area contributed by atoms with E-state index in [2.05, 4.69) is 5.32 Å². The van der Waals surface area contributed by atoms with Crippen molar-refractivity contribution < 1.29 is 19.2 Å². The Hall–Kier alpha value is -3.22. The Morgan fingerprint density at radius 3 is 2.25 bits per heavy atom. The summed E-state index contributed by atoms with van der Waals surface area (Å²) in [5.74, 6) is 0.122. The first-order valence-electron chi connectivity index (χ1n) is 7.30. The summed E-state index contributed by atoms with van der Waals surface area (Å²) in [5, 5.41) is 13.1. The smallest absolute Gasteiger partial charge is 0.269 e. The fourth-order valence-electron chi connectivity index (χ4n) is 1.95. The van der Waals surface area contributed by atoms with Gasteiger partial charge in [0.25, 0.3) is 11.6 Å². The molecule has 124 valence electrons. The number of non-ortho nitro benzene ring substituents is 1. The van der Waals surface area contributed by atoms with Crippen LogP contribution in [0.4, 0.5) is 11.4 Å². The summed E-state index contributed by atoms with van der Waals surface area (Å²) >= 11 is 0. The number of benzene rings is 2. The maximum atomic E-state index is 11.8. The van der Waals surface area contributed by atoms with E-state index in [0.717, 1.165) is 0 Å². The maximum absolute atomic E-state index is 11.8. The molecule has 0 aliphatic heterocycles. The van der Waals surface area contributed by atoms with E-state index in [4.69, 9.17) is 4.74 Å². The third kappa shape index (κ3) is 4.64. The van der Waals surface area contributed by atoms with Gasteiger partial charge in [-0.3, -0.25) is 19.7 Å². The molecule has 0 unspecified atom stereocenters. The lowest BCUT2D eigenvalue weighted by atomic mass is 10.1. The number of ketones is 1. The van der Waals surface area contributed by atoms with E-state index in [0.29, 0.717) is 23.4 Å².